The van der Waals surface area contributed by atoms with Crippen LogP contribution in [0.3, 0.4) is 0 Å². The number of carbonyl (C=O) groups excluding carboxylic acids is 2. The van der Waals surface area contributed by atoms with Gasteiger partial charge in [-0.2, -0.15) is 0 Å². The minimum atomic E-state index is -0.256. The van der Waals surface area contributed by atoms with Gasteiger partial charge < -0.3 is 0 Å². The van der Waals surface area contributed by atoms with E-state index in [4.69, 9.17) is 0 Å². The molecule has 2 amide bonds. The summed E-state index contributed by atoms with van der Waals surface area (Å²) in [6.45, 7) is 3.50. The molecule has 1 aliphatic carbocycles. The molecule has 0 unspecified atom stereocenters. The zero-order chi connectivity index (χ0) is 11.3. The number of rotatable bonds is 2. The molecule has 0 radical (unpaired) electrons. The molecule has 1 N–H and O–H groups in total. The summed E-state index contributed by atoms with van der Waals surface area (Å²) < 4.78 is 0. The summed E-state index contributed by atoms with van der Waals surface area (Å²) in [7, 11) is 0. The fraction of sp³-hybridized carbons (Fsp3) is 0.667. The highest BCUT2D eigenvalue weighted by Gasteiger charge is 2.22. The Bertz CT molecular complexity index is 275. The van der Waals surface area contributed by atoms with E-state index in [1.807, 2.05) is 0 Å². The van der Waals surface area contributed by atoms with Crippen molar-refractivity contribution < 1.29 is 9.59 Å². The first-order valence-electron chi connectivity index (χ1n) is 5.63. The second-order valence-corrected chi connectivity index (χ2v) is 4.12. The minimum Gasteiger partial charge on any atom is -0.292 e. The van der Waals surface area contributed by atoms with Crippen LogP contribution in [-0.2, 0) is 9.59 Å². The second kappa shape index (κ2) is 5.69. The fourth-order valence-electron chi connectivity index (χ4n) is 1.81. The van der Waals surface area contributed by atoms with Crippen molar-refractivity contribution in [2.24, 2.45) is 5.92 Å². The van der Waals surface area contributed by atoms with E-state index < -0.39 is 0 Å². The zero-order valence-electron chi connectivity index (χ0n) is 9.51. The van der Waals surface area contributed by atoms with Crippen LogP contribution in [0, 0.1) is 5.92 Å². The third kappa shape index (κ3) is 3.50. The van der Waals surface area contributed by atoms with Gasteiger partial charge >= 0.3 is 0 Å². The van der Waals surface area contributed by atoms with Gasteiger partial charge in [0.1, 0.15) is 0 Å². The molecule has 3 heteroatoms. The standard InChI is InChI=1S/C12H19NO2/c1-3-9(2)11(14)13-12(15)10-7-5-4-6-8-10/h3,10H,4-8H2,1-2H3,(H,13,14,15)/b9-3+. The van der Waals surface area contributed by atoms with Gasteiger partial charge in [-0.05, 0) is 26.7 Å². The predicted octanol–water partition coefficient (Wildman–Crippen LogP) is 2.18. The van der Waals surface area contributed by atoms with E-state index in [2.05, 4.69) is 5.32 Å². The number of amides is 2. The molecule has 0 spiro atoms. The summed E-state index contributed by atoms with van der Waals surface area (Å²) in [4.78, 5) is 23.1. The van der Waals surface area contributed by atoms with Crippen molar-refractivity contribution in [2.45, 2.75) is 46.0 Å². The van der Waals surface area contributed by atoms with Crippen LogP contribution in [0.4, 0.5) is 0 Å². The van der Waals surface area contributed by atoms with Gasteiger partial charge in [0.25, 0.3) is 5.91 Å². The average molecular weight is 209 g/mol. The summed E-state index contributed by atoms with van der Waals surface area (Å²) in [6, 6.07) is 0. The number of imide groups is 1. The van der Waals surface area contributed by atoms with E-state index in [0.717, 1.165) is 25.7 Å². The van der Waals surface area contributed by atoms with Crippen LogP contribution in [-0.4, -0.2) is 11.8 Å². The van der Waals surface area contributed by atoms with E-state index >= 15 is 0 Å². The molecule has 15 heavy (non-hydrogen) atoms. The molecule has 84 valence electrons. The molecule has 1 fully saturated rings. The molecule has 0 bridgehead atoms. The molecule has 1 aliphatic rings. The number of hydrogen-bond acceptors (Lipinski definition) is 2. The predicted molar refractivity (Wildman–Crippen MR) is 59.2 cm³/mol. The maximum atomic E-state index is 11.7. The number of hydrogen-bond donors (Lipinski definition) is 1. The van der Waals surface area contributed by atoms with Crippen LogP contribution >= 0.6 is 0 Å². The number of allylic oxidation sites excluding steroid dienone is 1. The lowest BCUT2D eigenvalue weighted by Crippen LogP contribution is -2.36. The van der Waals surface area contributed by atoms with Gasteiger partial charge in [0.05, 0.1) is 0 Å². The summed E-state index contributed by atoms with van der Waals surface area (Å²) in [5.74, 6) is -0.304. The number of carbonyl (C=O) groups is 2. The van der Waals surface area contributed by atoms with Crippen molar-refractivity contribution in [3.8, 4) is 0 Å². The van der Waals surface area contributed by atoms with Crippen molar-refractivity contribution in [1.82, 2.24) is 5.32 Å². The van der Waals surface area contributed by atoms with E-state index in [9.17, 15) is 9.59 Å². The highest BCUT2D eigenvalue weighted by atomic mass is 16.2. The zero-order valence-corrected chi connectivity index (χ0v) is 9.51. The van der Waals surface area contributed by atoms with Gasteiger partial charge in [-0.3, -0.25) is 14.9 Å². The van der Waals surface area contributed by atoms with Gasteiger partial charge in [0.15, 0.2) is 0 Å². The monoisotopic (exact) mass is 209 g/mol. The topological polar surface area (TPSA) is 46.2 Å². The maximum absolute atomic E-state index is 11.7. The molecule has 0 heterocycles. The Morgan fingerprint density at radius 1 is 1.20 bits per heavy atom. The Kier molecular flexibility index (Phi) is 4.53. The fourth-order valence-corrected chi connectivity index (χ4v) is 1.81. The lowest BCUT2D eigenvalue weighted by molar-refractivity contribution is -0.131. The van der Waals surface area contributed by atoms with Crippen molar-refractivity contribution in [3.63, 3.8) is 0 Å². The van der Waals surface area contributed by atoms with Crippen molar-refractivity contribution in [2.75, 3.05) is 0 Å². The lowest BCUT2D eigenvalue weighted by Gasteiger charge is -2.20. The molecule has 1 saturated carbocycles. The molecule has 0 aromatic carbocycles. The Morgan fingerprint density at radius 2 is 1.80 bits per heavy atom. The Balaban J connectivity index is 2.44. The minimum absolute atomic E-state index is 0.0485. The van der Waals surface area contributed by atoms with Gasteiger partial charge in [-0.15, -0.1) is 0 Å². The third-order valence-electron chi connectivity index (χ3n) is 3.00. The molecular formula is C12H19NO2. The highest BCUT2D eigenvalue weighted by Crippen LogP contribution is 2.23. The van der Waals surface area contributed by atoms with Crippen LogP contribution in [0.25, 0.3) is 0 Å². The average Bonchev–Trinajstić information content (AvgIpc) is 2.29. The van der Waals surface area contributed by atoms with Gasteiger partial charge in [0, 0.05) is 11.5 Å². The summed E-state index contributed by atoms with van der Waals surface area (Å²) >= 11 is 0. The first kappa shape index (κ1) is 12.0. The molecule has 1 rings (SSSR count). The molecule has 0 aromatic rings. The van der Waals surface area contributed by atoms with Crippen molar-refractivity contribution in [3.05, 3.63) is 11.6 Å². The highest BCUT2D eigenvalue weighted by molar-refractivity contribution is 6.04. The molecule has 3 nitrogen and oxygen atoms in total. The Hall–Kier alpha value is -1.12. The molecule has 0 atom stereocenters. The molecule has 0 aliphatic heterocycles. The second-order valence-electron chi connectivity index (χ2n) is 4.12. The van der Waals surface area contributed by atoms with Crippen LogP contribution < -0.4 is 5.32 Å². The normalized spacial score (nSPS) is 18.7. The summed E-state index contributed by atoms with van der Waals surface area (Å²) in [5, 5.41) is 2.45. The van der Waals surface area contributed by atoms with Crippen LogP contribution in [0.15, 0.2) is 11.6 Å². The Morgan fingerprint density at radius 3 is 2.33 bits per heavy atom. The lowest BCUT2D eigenvalue weighted by atomic mass is 9.88. The van der Waals surface area contributed by atoms with Gasteiger partial charge in [0.2, 0.25) is 5.91 Å². The first-order chi connectivity index (χ1) is 7.15. The van der Waals surface area contributed by atoms with Crippen LogP contribution in [0.5, 0.6) is 0 Å². The van der Waals surface area contributed by atoms with E-state index in [-0.39, 0.29) is 17.7 Å². The van der Waals surface area contributed by atoms with Gasteiger partial charge in [-0.25, -0.2) is 0 Å². The van der Waals surface area contributed by atoms with E-state index in [0.29, 0.717) is 5.57 Å². The molecular weight excluding hydrogens is 190 g/mol. The Labute approximate surface area is 90.9 Å². The quantitative estimate of drug-likeness (QED) is 0.708. The summed E-state index contributed by atoms with van der Waals surface area (Å²) in [6.07, 6.45) is 6.99. The first-order valence-corrected chi connectivity index (χ1v) is 5.63. The van der Waals surface area contributed by atoms with Crippen LogP contribution in [0.1, 0.15) is 46.0 Å². The van der Waals surface area contributed by atoms with E-state index in [1.54, 1.807) is 19.9 Å². The van der Waals surface area contributed by atoms with Crippen LogP contribution in [0.2, 0.25) is 0 Å². The SMILES string of the molecule is C/C=C(\C)C(=O)NC(=O)C1CCCCC1. The smallest absolute Gasteiger partial charge is 0.253 e. The molecule has 0 aromatic heterocycles. The van der Waals surface area contributed by atoms with Crippen molar-refractivity contribution >= 4 is 11.8 Å². The summed E-state index contributed by atoms with van der Waals surface area (Å²) in [5.41, 5.74) is 0.596. The third-order valence-corrected chi connectivity index (χ3v) is 3.00. The number of nitrogens with one attached hydrogen (secondary N) is 1. The molecule has 0 saturated heterocycles. The van der Waals surface area contributed by atoms with Gasteiger partial charge in [-0.1, -0.05) is 25.3 Å². The maximum Gasteiger partial charge on any atom is 0.253 e. The van der Waals surface area contributed by atoms with E-state index in [1.165, 1.54) is 6.42 Å². The largest absolute Gasteiger partial charge is 0.292 e. The van der Waals surface area contributed by atoms with Crippen molar-refractivity contribution in [1.29, 1.82) is 0 Å².